The molecule has 3 heterocycles. The summed E-state index contributed by atoms with van der Waals surface area (Å²) in [4.78, 5) is 43.6. The highest BCUT2D eigenvalue weighted by Crippen LogP contribution is 2.47. The largest absolute Gasteiger partial charge is 0.508 e. The van der Waals surface area contributed by atoms with Gasteiger partial charge in [-0.3, -0.25) is 24.6 Å². The van der Waals surface area contributed by atoms with Gasteiger partial charge in [0.2, 0.25) is 11.8 Å². The monoisotopic (exact) mass is 640 g/mol. The zero-order valence-electron chi connectivity index (χ0n) is 27.0. The smallest absolute Gasteiger partial charge is 0.255 e. The number of phenolic OH excluding ortho intramolecular Hbond substituents is 1. The number of benzene rings is 4. The molecule has 0 bridgehead atoms. The van der Waals surface area contributed by atoms with Crippen LogP contribution in [-0.4, -0.2) is 64.8 Å². The summed E-state index contributed by atoms with van der Waals surface area (Å²) in [5.41, 5.74) is 9.24. The summed E-state index contributed by atoms with van der Waals surface area (Å²) in [5, 5.41) is 12.6. The molecule has 0 saturated carbocycles. The Balaban J connectivity index is 0.919. The average molecular weight is 641 g/mol. The lowest BCUT2D eigenvalue weighted by Gasteiger charge is -2.37. The Morgan fingerprint density at radius 3 is 2.31 bits per heavy atom. The van der Waals surface area contributed by atoms with Crippen LogP contribution in [0.3, 0.4) is 0 Å². The van der Waals surface area contributed by atoms with Gasteiger partial charge in [-0.1, -0.05) is 60.7 Å². The maximum Gasteiger partial charge on any atom is 0.255 e. The molecule has 3 atom stereocenters. The molecular weight excluding hydrogens is 600 g/mol. The Morgan fingerprint density at radius 1 is 0.750 bits per heavy atom. The first-order valence-corrected chi connectivity index (χ1v) is 17.1. The van der Waals surface area contributed by atoms with Crippen LogP contribution in [0, 0.1) is 0 Å². The molecule has 0 spiro atoms. The first-order valence-electron chi connectivity index (χ1n) is 17.1. The fourth-order valence-electron chi connectivity index (χ4n) is 8.32. The molecule has 8 heteroatoms. The highest BCUT2D eigenvalue weighted by atomic mass is 16.3. The minimum absolute atomic E-state index is 0.131. The fraction of sp³-hybridized carbons (Fsp3) is 0.325. The Hall–Kier alpha value is -4.95. The minimum atomic E-state index is -0.591. The third-order valence-corrected chi connectivity index (χ3v) is 10.8. The van der Waals surface area contributed by atoms with Crippen LogP contribution >= 0.6 is 0 Å². The van der Waals surface area contributed by atoms with Gasteiger partial charge in [0.1, 0.15) is 11.8 Å². The van der Waals surface area contributed by atoms with Crippen molar-refractivity contribution in [1.29, 1.82) is 0 Å². The summed E-state index contributed by atoms with van der Waals surface area (Å²) in [6.07, 6.45) is 2.65. The van der Waals surface area contributed by atoms with Gasteiger partial charge in [-0.2, -0.15) is 0 Å². The quantitative estimate of drug-likeness (QED) is 0.277. The molecule has 2 fully saturated rings. The summed E-state index contributed by atoms with van der Waals surface area (Å²) in [7, 11) is 0. The van der Waals surface area contributed by atoms with Crippen molar-refractivity contribution in [2.24, 2.45) is 0 Å². The molecule has 4 aliphatic rings. The number of piperazine rings is 1. The Morgan fingerprint density at radius 2 is 1.54 bits per heavy atom. The lowest BCUT2D eigenvalue weighted by molar-refractivity contribution is -0.136. The second kappa shape index (κ2) is 12.6. The van der Waals surface area contributed by atoms with E-state index in [1.54, 1.807) is 4.90 Å². The highest BCUT2D eigenvalue weighted by Gasteiger charge is 2.39. The number of aryl methyl sites for hydroxylation is 1. The zero-order chi connectivity index (χ0) is 32.8. The molecule has 4 aromatic carbocycles. The molecule has 48 heavy (non-hydrogen) atoms. The summed E-state index contributed by atoms with van der Waals surface area (Å²) in [6, 6.07) is 31.3. The lowest BCUT2D eigenvalue weighted by Crippen LogP contribution is -2.52. The Labute approximate surface area is 281 Å². The van der Waals surface area contributed by atoms with Gasteiger partial charge in [0.05, 0.1) is 0 Å². The molecule has 2 saturated heterocycles. The normalized spacial score (nSPS) is 22.8. The van der Waals surface area contributed by atoms with E-state index >= 15 is 0 Å². The van der Waals surface area contributed by atoms with Gasteiger partial charge in [-0.25, -0.2) is 0 Å². The summed E-state index contributed by atoms with van der Waals surface area (Å²) < 4.78 is 0. The first-order chi connectivity index (χ1) is 23.4. The molecule has 244 valence electrons. The number of rotatable bonds is 6. The molecule has 1 unspecified atom stereocenters. The van der Waals surface area contributed by atoms with Crippen LogP contribution in [0.4, 0.5) is 5.69 Å². The van der Waals surface area contributed by atoms with E-state index in [0.29, 0.717) is 30.2 Å². The first kappa shape index (κ1) is 30.4. The molecule has 1 aliphatic carbocycles. The summed E-state index contributed by atoms with van der Waals surface area (Å²) >= 11 is 0. The molecular formula is C40H40N4O4. The predicted octanol–water partition coefficient (Wildman–Crippen LogP) is 5.34. The van der Waals surface area contributed by atoms with E-state index < -0.39 is 6.04 Å². The molecule has 4 aromatic rings. The minimum Gasteiger partial charge on any atom is -0.508 e. The van der Waals surface area contributed by atoms with Crippen LogP contribution in [0.1, 0.15) is 74.8 Å². The van der Waals surface area contributed by atoms with Gasteiger partial charge in [-0.15, -0.1) is 0 Å². The van der Waals surface area contributed by atoms with E-state index in [0.717, 1.165) is 51.1 Å². The number of phenols is 1. The van der Waals surface area contributed by atoms with Crippen molar-refractivity contribution < 1.29 is 19.5 Å². The molecule has 3 aliphatic heterocycles. The maximum absolute atomic E-state index is 13.1. The lowest BCUT2D eigenvalue weighted by atomic mass is 9.69. The molecule has 8 rings (SSSR count). The molecule has 0 radical (unpaired) electrons. The van der Waals surface area contributed by atoms with Gasteiger partial charge in [0, 0.05) is 62.9 Å². The number of fused-ring (bicyclic) bond motifs is 2. The van der Waals surface area contributed by atoms with Crippen molar-refractivity contribution in [2.45, 2.75) is 56.7 Å². The SMILES string of the molecule is O=C1CCC(N2Cc3cc(CN4CCN(c5ccc([C@@H]6c7ccc(O)cc7CC[C@@H]6c6ccccc6)cc5)CC4)ccc3C2=O)C(=O)N1. The van der Waals surface area contributed by atoms with Crippen LogP contribution in [0.15, 0.2) is 91.0 Å². The van der Waals surface area contributed by atoms with Crippen molar-refractivity contribution in [2.75, 3.05) is 31.1 Å². The number of imide groups is 1. The van der Waals surface area contributed by atoms with Crippen molar-refractivity contribution in [1.82, 2.24) is 15.1 Å². The van der Waals surface area contributed by atoms with Gasteiger partial charge >= 0.3 is 0 Å². The number of carbonyl (C=O) groups is 3. The van der Waals surface area contributed by atoms with Crippen molar-refractivity contribution in [3.05, 3.63) is 130 Å². The number of hydrogen-bond donors (Lipinski definition) is 2. The highest BCUT2D eigenvalue weighted by molar-refractivity contribution is 6.05. The van der Waals surface area contributed by atoms with Crippen LogP contribution in [0.25, 0.3) is 0 Å². The number of aromatic hydroxyl groups is 1. The van der Waals surface area contributed by atoms with Gasteiger partial charge in [0.25, 0.3) is 5.91 Å². The number of piperidine rings is 1. The summed E-state index contributed by atoms with van der Waals surface area (Å²) in [5.74, 6) is 0.176. The van der Waals surface area contributed by atoms with Crippen LogP contribution < -0.4 is 10.2 Å². The third-order valence-electron chi connectivity index (χ3n) is 10.8. The van der Waals surface area contributed by atoms with E-state index in [9.17, 15) is 19.5 Å². The number of amides is 3. The van der Waals surface area contributed by atoms with E-state index in [1.807, 2.05) is 24.3 Å². The van der Waals surface area contributed by atoms with Gasteiger partial charge in [-0.05, 0) is 88.9 Å². The Bertz CT molecular complexity index is 1870. The predicted molar refractivity (Wildman–Crippen MR) is 184 cm³/mol. The third kappa shape index (κ3) is 5.75. The topological polar surface area (TPSA) is 93.2 Å². The average Bonchev–Trinajstić information content (AvgIpc) is 3.43. The van der Waals surface area contributed by atoms with E-state index in [1.165, 1.54) is 33.5 Å². The Kier molecular flexibility index (Phi) is 7.96. The molecule has 3 amide bonds. The standard InChI is InChI=1S/C40H40N4O4/c45-32-12-15-34-29(23-32)9-14-33(27-4-2-1-3-5-27)38(34)28-7-10-31(11-8-28)43-20-18-42(19-21-43)24-26-6-13-35-30(22-26)25-44(40(35)48)36-16-17-37(46)41-39(36)47/h1-8,10-13,15,22-23,33,36,38,45H,9,14,16-21,24-25H2,(H,41,46,47)/t33-,36?,38+/m1/s1. The number of nitrogens with one attached hydrogen (secondary N) is 1. The van der Waals surface area contributed by atoms with Gasteiger partial charge in [0.15, 0.2) is 0 Å². The molecule has 2 N–H and O–H groups in total. The molecule has 8 nitrogen and oxygen atoms in total. The van der Waals surface area contributed by atoms with Gasteiger partial charge < -0.3 is 14.9 Å². The maximum atomic E-state index is 13.1. The number of hydrogen-bond acceptors (Lipinski definition) is 6. The van der Waals surface area contributed by atoms with Crippen molar-refractivity contribution in [3.8, 4) is 5.75 Å². The van der Waals surface area contributed by atoms with E-state index in [-0.39, 0.29) is 30.1 Å². The summed E-state index contributed by atoms with van der Waals surface area (Å²) in [6.45, 7) is 4.96. The second-order valence-corrected chi connectivity index (χ2v) is 13.7. The zero-order valence-corrected chi connectivity index (χ0v) is 27.0. The molecule has 0 aromatic heterocycles. The van der Waals surface area contributed by atoms with Crippen LogP contribution in [0.2, 0.25) is 0 Å². The fourth-order valence-corrected chi connectivity index (χ4v) is 8.32. The number of carbonyl (C=O) groups excluding carboxylic acids is 3. The number of anilines is 1. The van der Waals surface area contributed by atoms with E-state index in [2.05, 4.69) is 81.8 Å². The van der Waals surface area contributed by atoms with Crippen LogP contribution in [0.5, 0.6) is 5.75 Å². The van der Waals surface area contributed by atoms with Crippen molar-refractivity contribution >= 4 is 23.4 Å². The van der Waals surface area contributed by atoms with Crippen molar-refractivity contribution in [3.63, 3.8) is 0 Å². The number of nitrogens with zero attached hydrogens (tertiary/aromatic N) is 3. The van der Waals surface area contributed by atoms with Crippen LogP contribution in [-0.2, 0) is 29.1 Å². The second-order valence-electron chi connectivity index (χ2n) is 13.7. The van der Waals surface area contributed by atoms with E-state index in [4.69, 9.17) is 0 Å².